The lowest BCUT2D eigenvalue weighted by molar-refractivity contribution is 0.0779. The molecule has 0 bridgehead atoms. The van der Waals surface area contributed by atoms with Crippen molar-refractivity contribution < 1.29 is 9.53 Å². The molecule has 0 saturated heterocycles. The zero-order valence-corrected chi connectivity index (χ0v) is 13.7. The van der Waals surface area contributed by atoms with Crippen LogP contribution < -0.4 is 0 Å². The SMILES string of the molecule is COCCCN(C)C(=O)c1cnn(-c2ccc(Br)cc2)c1. The van der Waals surface area contributed by atoms with Crippen LogP contribution in [0.4, 0.5) is 0 Å². The molecule has 0 saturated carbocycles. The van der Waals surface area contributed by atoms with Gasteiger partial charge in [-0.25, -0.2) is 4.68 Å². The van der Waals surface area contributed by atoms with Crippen molar-refractivity contribution in [2.24, 2.45) is 0 Å². The van der Waals surface area contributed by atoms with E-state index in [-0.39, 0.29) is 5.91 Å². The van der Waals surface area contributed by atoms with E-state index in [1.807, 2.05) is 24.3 Å². The molecule has 0 fully saturated rings. The van der Waals surface area contributed by atoms with Gasteiger partial charge in [-0.05, 0) is 30.7 Å². The van der Waals surface area contributed by atoms with Crippen LogP contribution in [0.1, 0.15) is 16.8 Å². The summed E-state index contributed by atoms with van der Waals surface area (Å²) >= 11 is 3.39. The van der Waals surface area contributed by atoms with Crippen LogP contribution in [-0.4, -0.2) is 47.9 Å². The van der Waals surface area contributed by atoms with Crippen molar-refractivity contribution in [3.05, 3.63) is 46.7 Å². The van der Waals surface area contributed by atoms with E-state index in [9.17, 15) is 4.79 Å². The Morgan fingerprint density at radius 2 is 2.10 bits per heavy atom. The lowest BCUT2D eigenvalue weighted by atomic mass is 10.3. The van der Waals surface area contributed by atoms with Gasteiger partial charge in [-0.3, -0.25) is 4.79 Å². The van der Waals surface area contributed by atoms with Crippen LogP contribution in [0.3, 0.4) is 0 Å². The highest BCUT2D eigenvalue weighted by atomic mass is 79.9. The molecule has 5 nitrogen and oxygen atoms in total. The summed E-state index contributed by atoms with van der Waals surface area (Å²) < 4.78 is 7.70. The average molecular weight is 352 g/mol. The molecule has 0 aliphatic rings. The largest absolute Gasteiger partial charge is 0.385 e. The van der Waals surface area contributed by atoms with E-state index < -0.39 is 0 Å². The van der Waals surface area contributed by atoms with E-state index in [1.54, 1.807) is 36.1 Å². The Morgan fingerprint density at radius 3 is 2.76 bits per heavy atom. The van der Waals surface area contributed by atoms with Crippen LogP contribution in [0.25, 0.3) is 5.69 Å². The molecule has 0 spiro atoms. The van der Waals surface area contributed by atoms with Gasteiger partial charge in [0, 0.05) is 38.0 Å². The number of benzene rings is 1. The highest BCUT2D eigenvalue weighted by Gasteiger charge is 2.13. The Balaban J connectivity index is 2.05. The zero-order chi connectivity index (χ0) is 15.2. The van der Waals surface area contributed by atoms with E-state index in [2.05, 4.69) is 21.0 Å². The summed E-state index contributed by atoms with van der Waals surface area (Å²) in [6.07, 6.45) is 4.16. The number of carbonyl (C=O) groups excluding carboxylic acids is 1. The molecule has 1 heterocycles. The minimum Gasteiger partial charge on any atom is -0.385 e. The van der Waals surface area contributed by atoms with Gasteiger partial charge in [-0.1, -0.05) is 15.9 Å². The van der Waals surface area contributed by atoms with Gasteiger partial charge in [0.2, 0.25) is 0 Å². The third kappa shape index (κ3) is 4.15. The van der Waals surface area contributed by atoms with Crippen molar-refractivity contribution in [3.63, 3.8) is 0 Å². The van der Waals surface area contributed by atoms with Crippen LogP contribution in [0.5, 0.6) is 0 Å². The molecule has 2 aromatic rings. The first-order valence-electron chi connectivity index (χ1n) is 6.67. The number of nitrogens with zero attached hydrogens (tertiary/aromatic N) is 3. The number of rotatable bonds is 6. The minimum absolute atomic E-state index is 0.0329. The van der Waals surface area contributed by atoms with Crippen molar-refractivity contribution in [2.75, 3.05) is 27.3 Å². The van der Waals surface area contributed by atoms with Gasteiger partial charge >= 0.3 is 0 Å². The summed E-state index contributed by atoms with van der Waals surface area (Å²) in [7, 11) is 3.44. The number of hydrogen-bond acceptors (Lipinski definition) is 3. The van der Waals surface area contributed by atoms with Crippen LogP contribution in [0.15, 0.2) is 41.1 Å². The molecule has 2 rings (SSSR count). The molecule has 1 amide bonds. The lowest BCUT2D eigenvalue weighted by Crippen LogP contribution is -2.28. The number of carbonyl (C=O) groups is 1. The molecule has 1 aromatic carbocycles. The summed E-state index contributed by atoms with van der Waals surface area (Å²) in [6.45, 7) is 1.31. The Hall–Kier alpha value is -1.66. The van der Waals surface area contributed by atoms with Crippen molar-refractivity contribution in [1.82, 2.24) is 14.7 Å². The van der Waals surface area contributed by atoms with Crippen molar-refractivity contribution in [2.45, 2.75) is 6.42 Å². The maximum atomic E-state index is 12.3. The van der Waals surface area contributed by atoms with Gasteiger partial charge in [0.25, 0.3) is 5.91 Å². The molecular weight excluding hydrogens is 334 g/mol. The van der Waals surface area contributed by atoms with Crippen molar-refractivity contribution in [3.8, 4) is 5.69 Å². The lowest BCUT2D eigenvalue weighted by Gasteiger charge is -2.15. The number of aromatic nitrogens is 2. The van der Waals surface area contributed by atoms with Gasteiger partial charge < -0.3 is 9.64 Å². The van der Waals surface area contributed by atoms with Gasteiger partial charge in [0.15, 0.2) is 0 Å². The maximum absolute atomic E-state index is 12.3. The fourth-order valence-electron chi connectivity index (χ4n) is 1.94. The van der Waals surface area contributed by atoms with Crippen LogP contribution in [0.2, 0.25) is 0 Å². The normalized spacial score (nSPS) is 10.6. The van der Waals surface area contributed by atoms with E-state index in [4.69, 9.17) is 4.74 Å². The molecule has 6 heteroatoms. The maximum Gasteiger partial charge on any atom is 0.256 e. The van der Waals surface area contributed by atoms with Crippen LogP contribution >= 0.6 is 15.9 Å². The van der Waals surface area contributed by atoms with Gasteiger partial charge in [-0.15, -0.1) is 0 Å². The van der Waals surface area contributed by atoms with Crippen molar-refractivity contribution in [1.29, 1.82) is 0 Å². The molecular formula is C15H18BrN3O2. The third-order valence-electron chi connectivity index (χ3n) is 3.11. The first-order chi connectivity index (χ1) is 10.1. The standard InChI is InChI=1S/C15H18BrN3O2/c1-18(8-3-9-21-2)15(20)12-10-17-19(11-12)14-6-4-13(16)5-7-14/h4-7,10-11H,3,8-9H2,1-2H3. The molecule has 1 aromatic heterocycles. The van der Waals surface area contributed by atoms with Crippen LogP contribution in [-0.2, 0) is 4.74 Å². The molecule has 0 atom stereocenters. The Kier molecular flexibility index (Phi) is 5.52. The highest BCUT2D eigenvalue weighted by Crippen LogP contribution is 2.14. The number of ether oxygens (including phenoxy) is 1. The summed E-state index contributed by atoms with van der Waals surface area (Å²) in [6, 6.07) is 7.76. The predicted octanol–water partition coefficient (Wildman–Crippen LogP) is 2.74. The minimum atomic E-state index is -0.0329. The number of halogens is 1. The second-order valence-electron chi connectivity index (χ2n) is 4.72. The summed E-state index contributed by atoms with van der Waals surface area (Å²) in [5.74, 6) is -0.0329. The summed E-state index contributed by atoms with van der Waals surface area (Å²) in [4.78, 5) is 13.9. The quantitative estimate of drug-likeness (QED) is 0.751. The predicted molar refractivity (Wildman–Crippen MR) is 84.7 cm³/mol. The van der Waals surface area contributed by atoms with Crippen molar-refractivity contribution >= 4 is 21.8 Å². The third-order valence-corrected chi connectivity index (χ3v) is 3.64. The average Bonchev–Trinajstić information content (AvgIpc) is 2.97. The molecule has 0 unspecified atom stereocenters. The smallest absolute Gasteiger partial charge is 0.256 e. The molecule has 0 aliphatic heterocycles. The van der Waals surface area contributed by atoms with E-state index in [1.165, 1.54) is 0 Å². The Labute approximate surface area is 132 Å². The number of methoxy groups -OCH3 is 1. The molecule has 112 valence electrons. The second kappa shape index (κ2) is 7.38. The summed E-state index contributed by atoms with van der Waals surface area (Å²) in [5.41, 5.74) is 1.50. The topological polar surface area (TPSA) is 47.4 Å². The first kappa shape index (κ1) is 15.7. The Bertz CT molecular complexity index is 595. The Morgan fingerprint density at radius 1 is 1.38 bits per heavy atom. The molecule has 0 radical (unpaired) electrons. The monoisotopic (exact) mass is 351 g/mol. The van der Waals surface area contributed by atoms with Gasteiger partial charge in [-0.2, -0.15) is 5.10 Å². The van der Waals surface area contributed by atoms with E-state index in [0.717, 1.165) is 16.6 Å². The summed E-state index contributed by atoms with van der Waals surface area (Å²) in [5, 5.41) is 4.25. The fourth-order valence-corrected chi connectivity index (χ4v) is 2.20. The molecule has 21 heavy (non-hydrogen) atoms. The van der Waals surface area contributed by atoms with Gasteiger partial charge in [0.1, 0.15) is 0 Å². The van der Waals surface area contributed by atoms with Gasteiger partial charge in [0.05, 0.1) is 17.4 Å². The van der Waals surface area contributed by atoms with E-state index >= 15 is 0 Å². The zero-order valence-electron chi connectivity index (χ0n) is 12.1. The molecule has 0 aliphatic carbocycles. The second-order valence-corrected chi connectivity index (χ2v) is 5.64. The first-order valence-corrected chi connectivity index (χ1v) is 7.46. The number of amides is 1. The highest BCUT2D eigenvalue weighted by molar-refractivity contribution is 9.10. The van der Waals surface area contributed by atoms with E-state index in [0.29, 0.717) is 18.7 Å². The fraction of sp³-hybridized carbons (Fsp3) is 0.333. The van der Waals surface area contributed by atoms with Crippen LogP contribution in [0, 0.1) is 0 Å². The molecule has 0 N–H and O–H groups in total. The number of hydrogen-bond donors (Lipinski definition) is 0.